The molecule has 0 N–H and O–H groups in total. The summed E-state index contributed by atoms with van der Waals surface area (Å²) in [4.78, 5) is 30.5. The summed E-state index contributed by atoms with van der Waals surface area (Å²) in [6, 6.07) is 9.39. The summed E-state index contributed by atoms with van der Waals surface area (Å²) < 4.78 is 22.4. The topological polar surface area (TPSA) is 81.5 Å². The first-order chi connectivity index (χ1) is 19.6. The van der Waals surface area contributed by atoms with Crippen molar-refractivity contribution in [3.63, 3.8) is 0 Å². The van der Waals surface area contributed by atoms with Gasteiger partial charge in [-0.25, -0.2) is 0 Å². The average Bonchev–Trinajstić information content (AvgIpc) is 3.75. The van der Waals surface area contributed by atoms with Crippen molar-refractivity contribution in [2.45, 2.75) is 103 Å². The van der Waals surface area contributed by atoms with Gasteiger partial charge < -0.3 is 28.4 Å². The third kappa shape index (κ3) is 9.58. The minimum absolute atomic E-state index is 0.00717. The van der Waals surface area contributed by atoms with Crippen LogP contribution in [0, 0.1) is 0 Å². The van der Waals surface area contributed by atoms with E-state index in [0.717, 1.165) is 37.7 Å². The molecule has 1 atom stereocenters. The molecular weight excluding hydrogens is 508 g/mol. The molecule has 0 unspecified atom stereocenters. The van der Waals surface area contributed by atoms with E-state index in [-0.39, 0.29) is 31.3 Å². The van der Waals surface area contributed by atoms with Crippen molar-refractivity contribution >= 4 is 11.8 Å². The summed E-state index contributed by atoms with van der Waals surface area (Å²) in [5, 5.41) is 0. The smallest absolute Gasteiger partial charge is 0.242 e. The molecule has 0 spiro atoms. The summed E-state index contributed by atoms with van der Waals surface area (Å²) in [5.41, 5.74) is 0.927. The number of ether oxygens (including phenoxy) is 3. The molecule has 8 heteroatoms. The van der Waals surface area contributed by atoms with Crippen LogP contribution in [0.15, 0.2) is 41.0 Å². The highest BCUT2D eigenvalue weighted by Crippen LogP contribution is 2.33. The van der Waals surface area contributed by atoms with Gasteiger partial charge in [-0.05, 0) is 49.1 Å². The zero-order valence-corrected chi connectivity index (χ0v) is 24.1. The second-order valence-corrected chi connectivity index (χ2v) is 11.0. The summed E-state index contributed by atoms with van der Waals surface area (Å²) >= 11 is 0. The van der Waals surface area contributed by atoms with Crippen LogP contribution < -0.4 is 9.47 Å². The minimum Gasteiger partial charge on any atom is -0.467 e. The number of hydrogen-bond acceptors (Lipinski definition) is 6. The van der Waals surface area contributed by atoms with Crippen LogP contribution in [0.2, 0.25) is 0 Å². The zero-order valence-electron chi connectivity index (χ0n) is 24.1. The van der Waals surface area contributed by atoms with E-state index in [4.69, 9.17) is 18.6 Å². The number of rotatable bonds is 18. The molecule has 0 saturated carbocycles. The van der Waals surface area contributed by atoms with Crippen LogP contribution in [0.4, 0.5) is 0 Å². The van der Waals surface area contributed by atoms with Gasteiger partial charge in [0.05, 0.1) is 25.5 Å². The van der Waals surface area contributed by atoms with Gasteiger partial charge in [0, 0.05) is 26.1 Å². The van der Waals surface area contributed by atoms with Crippen molar-refractivity contribution in [2.75, 3.05) is 26.5 Å². The van der Waals surface area contributed by atoms with Gasteiger partial charge in [0.1, 0.15) is 5.76 Å². The van der Waals surface area contributed by atoms with E-state index < -0.39 is 0 Å². The van der Waals surface area contributed by atoms with Gasteiger partial charge in [0.25, 0.3) is 0 Å². The molecule has 0 radical (unpaired) electrons. The van der Waals surface area contributed by atoms with Gasteiger partial charge in [0.2, 0.25) is 18.6 Å². The molecule has 40 heavy (non-hydrogen) atoms. The van der Waals surface area contributed by atoms with Crippen molar-refractivity contribution in [1.29, 1.82) is 0 Å². The molecule has 0 aliphatic carbocycles. The van der Waals surface area contributed by atoms with Crippen LogP contribution in [-0.4, -0.2) is 54.2 Å². The Kier molecular flexibility index (Phi) is 12.2. The third-order valence-corrected chi connectivity index (χ3v) is 7.71. The maximum atomic E-state index is 13.7. The third-order valence-electron chi connectivity index (χ3n) is 7.71. The summed E-state index contributed by atoms with van der Waals surface area (Å²) in [6.45, 7) is 4.34. The number of unbranched alkanes of at least 4 members (excludes halogenated alkanes) is 8. The van der Waals surface area contributed by atoms with E-state index in [1.165, 1.54) is 38.5 Å². The van der Waals surface area contributed by atoms with Gasteiger partial charge in [-0.15, -0.1) is 0 Å². The van der Waals surface area contributed by atoms with E-state index in [0.29, 0.717) is 49.9 Å². The van der Waals surface area contributed by atoms with Crippen molar-refractivity contribution in [3.05, 3.63) is 47.9 Å². The van der Waals surface area contributed by atoms with Crippen LogP contribution in [0.1, 0.15) is 95.3 Å². The molecule has 1 aromatic heterocycles. The number of amides is 2. The number of nitrogens with zero attached hydrogens (tertiary/aromatic N) is 2. The largest absolute Gasteiger partial charge is 0.467 e. The number of carbonyl (C=O) groups excluding carboxylic acids is 2. The molecule has 4 rings (SSSR count). The van der Waals surface area contributed by atoms with Gasteiger partial charge in [-0.3, -0.25) is 9.59 Å². The van der Waals surface area contributed by atoms with Gasteiger partial charge >= 0.3 is 0 Å². The Morgan fingerprint density at radius 1 is 0.875 bits per heavy atom. The first-order valence-corrected chi connectivity index (χ1v) is 15.2. The normalized spacial score (nSPS) is 15.9. The fraction of sp³-hybridized carbons (Fsp3) is 0.625. The van der Waals surface area contributed by atoms with E-state index in [1.54, 1.807) is 16.1 Å². The minimum atomic E-state index is -0.118. The Morgan fingerprint density at radius 2 is 1.65 bits per heavy atom. The molecule has 1 saturated heterocycles. The number of furan rings is 1. The van der Waals surface area contributed by atoms with Crippen LogP contribution in [0.25, 0.3) is 0 Å². The van der Waals surface area contributed by atoms with E-state index in [9.17, 15) is 9.59 Å². The fourth-order valence-corrected chi connectivity index (χ4v) is 5.38. The number of fused-ring (bicyclic) bond motifs is 1. The Morgan fingerprint density at radius 3 is 2.38 bits per heavy atom. The quantitative estimate of drug-likeness (QED) is 0.197. The zero-order chi connectivity index (χ0) is 28.0. The number of carbonyl (C=O) groups is 2. The standard InChI is InChI=1S/C32H46N2O6/c1-2-3-4-5-6-7-8-9-10-15-31(35)34(23-28-14-12-19-38-28)24-32(36)33(22-27-13-11-18-37-27)21-26-16-17-29-30(20-26)40-25-39-29/h11,13,16-18,20,28H,2-10,12,14-15,19,21-25H2,1H3/t28-/m0/s1. The SMILES string of the molecule is CCCCCCCCCCCC(=O)N(CC(=O)N(Cc1ccc2c(c1)OCO2)Cc1ccco1)C[C@@H]1CCCO1. The van der Waals surface area contributed by atoms with Crippen LogP contribution >= 0.6 is 0 Å². The lowest BCUT2D eigenvalue weighted by Gasteiger charge is -2.29. The van der Waals surface area contributed by atoms with Crippen LogP contribution in [0.3, 0.4) is 0 Å². The molecule has 2 amide bonds. The Hall–Kier alpha value is -3.00. The second kappa shape index (κ2) is 16.3. The van der Waals surface area contributed by atoms with Crippen LogP contribution in [0.5, 0.6) is 11.5 Å². The summed E-state index contributed by atoms with van der Waals surface area (Å²) in [5.74, 6) is 2.00. The molecule has 8 nitrogen and oxygen atoms in total. The van der Waals surface area contributed by atoms with E-state index in [1.807, 2.05) is 30.3 Å². The highest BCUT2D eigenvalue weighted by Gasteiger charge is 2.27. The number of hydrogen-bond donors (Lipinski definition) is 0. The molecule has 1 aromatic carbocycles. The maximum absolute atomic E-state index is 13.7. The molecule has 2 aromatic rings. The highest BCUT2D eigenvalue weighted by molar-refractivity contribution is 5.85. The highest BCUT2D eigenvalue weighted by atomic mass is 16.7. The molecule has 0 bridgehead atoms. The Bertz CT molecular complexity index is 1030. The van der Waals surface area contributed by atoms with Crippen LogP contribution in [-0.2, 0) is 27.4 Å². The van der Waals surface area contributed by atoms with Crippen molar-refractivity contribution in [3.8, 4) is 11.5 Å². The predicted octanol–water partition coefficient (Wildman–Crippen LogP) is 6.47. The van der Waals surface area contributed by atoms with Gasteiger partial charge in [0.15, 0.2) is 11.5 Å². The molecular formula is C32H46N2O6. The second-order valence-electron chi connectivity index (χ2n) is 11.0. The lowest BCUT2D eigenvalue weighted by molar-refractivity contribution is -0.142. The van der Waals surface area contributed by atoms with Crippen molar-refractivity contribution < 1.29 is 28.2 Å². The molecule has 1 fully saturated rings. The molecule has 2 aliphatic heterocycles. The first-order valence-electron chi connectivity index (χ1n) is 15.2. The lowest BCUT2D eigenvalue weighted by Crippen LogP contribution is -2.45. The van der Waals surface area contributed by atoms with Gasteiger partial charge in [-0.1, -0.05) is 64.4 Å². The average molecular weight is 555 g/mol. The monoisotopic (exact) mass is 554 g/mol. The van der Waals surface area contributed by atoms with Crippen molar-refractivity contribution in [2.24, 2.45) is 0 Å². The fourth-order valence-electron chi connectivity index (χ4n) is 5.38. The molecule has 2 aliphatic rings. The Balaban J connectivity index is 1.34. The molecule has 220 valence electrons. The Labute approximate surface area is 238 Å². The van der Waals surface area contributed by atoms with E-state index in [2.05, 4.69) is 6.92 Å². The van der Waals surface area contributed by atoms with Crippen molar-refractivity contribution in [1.82, 2.24) is 9.80 Å². The lowest BCUT2D eigenvalue weighted by atomic mass is 10.1. The summed E-state index contributed by atoms with van der Waals surface area (Å²) in [6.07, 6.45) is 14.8. The molecule has 3 heterocycles. The maximum Gasteiger partial charge on any atom is 0.242 e. The van der Waals surface area contributed by atoms with E-state index >= 15 is 0 Å². The number of benzene rings is 1. The first kappa shape index (κ1) is 30.0. The predicted molar refractivity (Wildman–Crippen MR) is 153 cm³/mol. The van der Waals surface area contributed by atoms with Gasteiger partial charge in [-0.2, -0.15) is 0 Å². The summed E-state index contributed by atoms with van der Waals surface area (Å²) in [7, 11) is 0.